The molecule has 5 nitrogen and oxygen atoms in total. The monoisotopic (exact) mass is 343 g/mol. The number of anilines is 1. The predicted molar refractivity (Wildman–Crippen MR) is 93.4 cm³/mol. The summed E-state index contributed by atoms with van der Waals surface area (Å²) < 4.78 is 0. The van der Waals surface area contributed by atoms with Gasteiger partial charge in [0.2, 0.25) is 0 Å². The van der Waals surface area contributed by atoms with Gasteiger partial charge in [0.15, 0.2) is 0 Å². The summed E-state index contributed by atoms with van der Waals surface area (Å²) in [4.78, 5) is 30.8. The highest BCUT2D eigenvalue weighted by Gasteiger charge is 2.19. The predicted octanol–water partition coefficient (Wildman–Crippen LogP) is 3.61. The molecule has 0 aliphatic carbocycles. The molecule has 1 saturated heterocycles. The molecule has 1 aliphatic heterocycles. The Hall–Kier alpha value is -2.40. The average Bonchev–Trinajstić information content (AvgIpc) is 2.64. The average molecular weight is 344 g/mol. The van der Waals surface area contributed by atoms with E-state index >= 15 is 0 Å². The van der Waals surface area contributed by atoms with Crippen molar-refractivity contribution in [3.63, 3.8) is 0 Å². The van der Waals surface area contributed by atoms with Gasteiger partial charge in [0.25, 0.3) is 11.8 Å². The van der Waals surface area contributed by atoms with Crippen LogP contribution in [-0.2, 0) is 0 Å². The van der Waals surface area contributed by atoms with Crippen molar-refractivity contribution >= 4 is 29.1 Å². The van der Waals surface area contributed by atoms with E-state index in [2.05, 4.69) is 10.3 Å². The molecule has 24 heavy (non-hydrogen) atoms. The van der Waals surface area contributed by atoms with Gasteiger partial charge in [0.05, 0.1) is 10.7 Å². The number of para-hydroxylation sites is 1. The molecule has 124 valence electrons. The molecule has 1 aromatic carbocycles. The summed E-state index contributed by atoms with van der Waals surface area (Å²) in [5, 5.41) is 3.16. The maximum atomic E-state index is 12.5. The van der Waals surface area contributed by atoms with E-state index < -0.39 is 5.91 Å². The van der Waals surface area contributed by atoms with Gasteiger partial charge < -0.3 is 10.2 Å². The number of carbonyl (C=O) groups is 2. The summed E-state index contributed by atoms with van der Waals surface area (Å²) in [6, 6.07) is 10.1. The van der Waals surface area contributed by atoms with E-state index in [4.69, 9.17) is 11.6 Å². The Labute approximate surface area is 145 Å². The number of hydrogen-bond donors (Lipinski definition) is 1. The van der Waals surface area contributed by atoms with Gasteiger partial charge in [-0.2, -0.15) is 0 Å². The number of piperidine rings is 1. The van der Waals surface area contributed by atoms with Crippen molar-refractivity contribution in [3.05, 3.63) is 58.9 Å². The minimum Gasteiger partial charge on any atom is -0.339 e. The molecule has 1 aliphatic rings. The fourth-order valence-electron chi connectivity index (χ4n) is 2.72. The van der Waals surface area contributed by atoms with Crippen LogP contribution in [0.5, 0.6) is 0 Å². The van der Waals surface area contributed by atoms with Gasteiger partial charge in [-0.3, -0.25) is 14.6 Å². The molecule has 0 atom stereocenters. The van der Waals surface area contributed by atoms with E-state index in [0.29, 0.717) is 16.3 Å². The molecule has 0 unspecified atom stereocenters. The van der Waals surface area contributed by atoms with Crippen molar-refractivity contribution < 1.29 is 9.59 Å². The topological polar surface area (TPSA) is 62.3 Å². The Kier molecular flexibility index (Phi) is 5.11. The smallest absolute Gasteiger partial charge is 0.274 e. The number of aromatic nitrogens is 1. The highest BCUT2D eigenvalue weighted by Crippen LogP contribution is 2.21. The van der Waals surface area contributed by atoms with E-state index in [1.165, 1.54) is 12.3 Å². The van der Waals surface area contributed by atoms with Crippen LogP contribution >= 0.6 is 11.6 Å². The van der Waals surface area contributed by atoms with Gasteiger partial charge >= 0.3 is 0 Å². The lowest BCUT2D eigenvalue weighted by Gasteiger charge is -2.26. The van der Waals surface area contributed by atoms with Gasteiger partial charge in [-0.05, 0) is 43.5 Å². The Balaban J connectivity index is 1.76. The first-order chi connectivity index (χ1) is 11.6. The Morgan fingerprint density at radius 2 is 1.83 bits per heavy atom. The first-order valence-corrected chi connectivity index (χ1v) is 8.34. The first kappa shape index (κ1) is 16.5. The third kappa shape index (κ3) is 3.74. The van der Waals surface area contributed by atoms with E-state index in [1.54, 1.807) is 30.3 Å². The van der Waals surface area contributed by atoms with Crippen LogP contribution in [0.15, 0.2) is 42.6 Å². The Morgan fingerprint density at radius 3 is 2.58 bits per heavy atom. The SMILES string of the molecule is O=C(Nc1ccccc1Cl)c1cc(C(=O)N2CCCCC2)ccn1. The second-order valence-electron chi connectivity index (χ2n) is 5.72. The standard InChI is InChI=1S/C18H18ClN3O2/c19-14-6-2-3-7-15(14)21-17(23)16-12-13(8-9-20-16)18(24)22-10-4-1-5-11-22/h2-3,6-9,12H,1,4-5,10-11H2,(H,21,23). The summed E-state index contributed by atoms with van der Waals surface area (Å²) in [5.41, 5.74) is 1.19. The molecule has 2 amide bonds. The van der Waals surface area contributed by atoms with E-state index in [1.807, 2.05) is 4.90 Å². The zero-order valence-electron chi connectivity index (χ0n) is 13.2. The number of pyridine rings is 1. The largest absolute Gasteiger partial charge is 0.339 e. The normalized spacial score (nSPS) is 14.3. The number of nitrogens with one attached hydrogen (secondary N) is 1. The van der Waals surface area contributed by atoms with Gasteiger partial charge in [-0.15, -0.1) is 0 Å². The molecule has 1 N–H and O–H groups in total. The Morgan fingerprint density at radius 1 is 1.08 bits per heavy atom. The molecule has 0 bridgehead atoms. The van der Waals surface area contributed by atoms with Gasteiger partial charge in [-0.1, -0.05) is 23.7 Å². The first-order valence-electron chi connectivity index (χ1n) is 7.96. The van der Waals surface area contributed by atoms with Gasteiger partial charge in [-0.25, -0.2) is 0 Å². The second-order valence-corrected chi connectivity index (χ2v) is 6.12. The zero-order valence-corrected chi connectivity index (χ0v) is 13.9. The molecule has 1 fully saturated rings. The third-order valence-corrected chi connectivity index (χ3v) is 4.33. The van der Waals surface area contributed by atoms with Crippen molar-refractivity contribution in [1.82, 2.24) is 9.88 Å². The summed E-state index contributed by atoms with van der Waals surface area (Å²) in [5.74, 6) is -0.444. The van der Waals surface area contributed by atoms with E-state index in [9.17, 15) is 9.59 Å². The summed E-state index contributed by atoms with van der Waals surface area (Å²) >= 11 is 6.04. The summed E-state index contributed by atoms with van der Waals surface area (Å²) in [7, 11) is 0. The number of nitrogens with zero attached hydrogens (tertiary/aromatic N) is 2. The fourth-order valence-corrected chi connectivity index (χ4v) is 2.90. The summed E-state index contributed by atoms with van der Waals surface area (Å²) in [6.45, 7) is 1.53. The maximum absolute atomic E-state index is 12.5. The molecule has 3 rings (SSSR count). The lowest BCUT2D eigenvalue weighted by atomic mass is 10.1. The minimum absolute atomic E-state index is 0.0520. The van der Waals surface area contributed by atoms with Crippen LogP contribution in [0.2, 0.25) is 5.02 Å². The minimum atomic E-state index is -0.392. The molecule has 2 heterocycles. The maximum Gasteiger partial charge on any atom is 0.274 e. The second kappa shape index (κ2) is 7.45. The number of amides is 2. The van der Waals surface area contributed by atoms with E-state index in [-0.39, 0.29) is 11.6 Å². The number of benzene rings is 1. The van der Waals surface area contributed by atoms with Crippen LogP contribution in [-0.4, -0.2) is 34.8 Å². The van der Waals surface area contributed by atoms with Crippen molar-refractivity contribution in [3.8, 4) is 0 Å². The number of carbonyl (C=O) groups excluding carboxylic acids is 2. The number of rotatable bonds is 3. The van der Waals surface area contributed by atoms with Crippen molar-refractivity contribution in [2.24, 2.45) is 0 Å². The number of halogens is 1. The quantitative estimate of drug-likeness (QED) is 0.926. The molecular formula is C18H18ClN3O2. The molecule has 2 aromatic rings. The zero-order chi connectivity index (χ0) is 16.9. The van der Waals surface area contributed by atoms with Crippen LogP contribution in [0.25, 0.3) is 0 Å². The van der Waals surface area contributed by atoms with Crippen molar-refractivity contribution in [2.75, 3.05) is 18.4 Å². The lowest BCUT2D eigenvalue weighted by Crippen LogP contribution is -2.35. The Bertz CT molecular complexity index is 757. The van der Waals surface area contributed by atoms with Crippen molar-refractivity contribution in [1.29, 1.82) is 0 Å². The van der Waals surface area contributed by atoms with Gasteiger partial charge in [0.1, 0.15) is 5.69 Å². The van der Waals surface area contributed by atoms with Crippen LogP contribution in [0.4, 0.5) is 5.69 Å². The van der Waals surface area contributed by atoms with Gasteiger partial charge in [0, 0.05) is 24.8 Å². The summed E-state index contributed by atoms with van der Waals surface area (Å²) in [6.07, 6.45) is 4.69. The highest BCUT2D eigenvalue weighted by atomic mass is 35.5. The molecule has 0 saturated carbocycles. The van der Waals surface area contributed by atoms with Crippen molar-refractivity contribution in [2.45, 2.75) is 19.3 Å². The molecular weight excluding hydrogens is 326 g/mol. The van der Waals surface area contributed by atoms with Crippen LogP contribution < -0.4 is 5.32 Å². The van der Waals surface area contributed by atoms with E-state index in [0.717, 1.165) is 32.4 Å². The molecule has 0 spiro atoms. The van der Waals surface area contributed by atoms with Crippen LogP contribution in [0.3, 0.4) is 0 Å². The third-order valence-electron chi connectivity index (χ3n) is 4.00. The lowest BCUT2D eigenvalue weighted by molar-refractivity contribution is 0.0724. The number of likely N-dealkylation sites (tertiary alicyclic amines) is 1. The molecule has 6 heteroatoms. The molecule has 0 radical (unpaired) electrons. The number of hydrogen-bond acceptors (Lipinski definition) is 3. The van der Waals surface area contributed by atoms with Crippen LogP contribution in [0.1, 0.15) is 40.1 Å². The molecule has 1 aromatic heterocycles. The fraction of sp³-hybridized carbons (Fsp3) is 0.278. The van der Waals surface area contributed by atoms with Crippen LogP contribution in [0, 0.1) is 0 Å². The highest BCUT2D eigenvalue weighted by molar-refractivity contribution is 6.33.